The van der Waals surface area contributed by atoms with Gasteiger partial charge in [-0.3, -0.25) is 9.59 Å². The van der Waals surface area contributed by atoms with E-state index in [1.54, 1.807) is 0 Å². The van der Waals surface area contributed by atoms with Crippen molar-refractivity contribution >= 4 is 11.9 Å². The Bertz CT molecular complexity index is 1310. The fraction of sp³-hybridized carbons (Fsp3) is 0.976. The molecule has 0 aliphatic rings. The number of ether oxygens (including phenoxy) is 1. The number of carbonyl (C=O) groups excluding carboxylic acids is 2. The molecule has 1 amide bonds. The molecule has 0 aliphatic heterocycles. The van der Waals surface area contributed by atoms with E-state index in [-0.39, 0.29) is 18.5 Å². The van der Waals surface area contributed by atoms with E-state index in [1.165, 1.54) is 424 Å². The Balaban J connectivity index is 3.31. The third-order valence-corrected chi connectivity index (χ3v) is 20.2. The van der Waals surface area contributed by atoms with Gasteiger partial charge in [0, 0.05) is 12.8 Å². The second kappa shape index (κ2) is 79.3. The summed E-state index contributed by atoms with van der Waals surface area (Å²) in [6.07, 6.45) is 99.3. The zero-order chi connectivity index (χ0) is 64.2. The van der Waals surface area contributed by atoms with Crippen molar-refractivity contribution in [2.24, 2.45) is 0 Å². The van der Waals surface area contributed by atoms with Crippen molar-refractivity contribution in [3.63, 3.8) is 0 Å². The van der Waals surface area contributed by atoms with Gasteiger partial charge in [0.05, 0.1) is 25.4 Å². The van der Waals surface area contributed by atoms with Gasteiger partial charge in [0.1, 0.15) is 0 Å². The van der Waals surface area contributed by atoms with Crippen molar-refractivity contribution in [2.75, 3.05) is 13.2 Å². The summed E-state index contributed by atoms with van der Waals surface area (Å²) in [4.78, 5) is 24.7. The summed E-state index contributed by atoms with van der Waals surface area (Å²) in [6.45, 7) is 5.03. The maximum atomic E-state index is 12.6. The number of unbranched alkanes of at least 4 members (excludes halogenated alkanes) is 69. The van der Waals surface area contributed by atoms with E-state index in [1.807, 2.05) is 0 Å². The Kier molecular flexibility index (Phi) is 78.3. The summed E-state index contributed by atoms with van der Waals surface area (Å²) in [5, 5.41) is 23.5. The fourth-order valence-corrected chi connectivity index (χ4v) is 13.8. The molecule has 0 aromatic rings. The molecule has 2 atom stereocenters. The first kappa shape index (κ1) is 87.9. The molecule has 0 bridgehead atoms. The molecule has 0 spiro atoms. The quantitative estimate of drug-likeness (QED) is 0.0417. The lowest BCUT2D eigenvalue weighted by atomic mass is 10.0. The monoisotopic (exact) mass is 1260 g/mol. The first-order chi connectivity index (χ1) is 44.0. The van der Waals surface area contributed by atoms with Crippen molar-refractivity contribution in [2.45, 2.75) is 508 Å². The van der Waals surface area contributed by atoms with Crippen LogP contribution in [0.1, 0.15) is 495 Å². The average Bonchev–Trinajstić information content (AvgIpc) is 3.58. The number of rotatable bonds is 80. The molecule has 532 valence electrons. The molecular weight excluding hydrogens is 1090 g/mol. The molecule has 3 N–H and O–H groups in total. The summed E-state index contributed by atoms with van der Waals surface area (Å²) in [5.74, 6) is 0.00348. The molecule has 0 radical (unpaired) electrons. The van der Waals surface area contributed by atoms with E-state index in [4.69, 9.17) is 4.74 Å². The highest BCUT2D eigenvalue weighted by atomic mass is 16.5. The number of hydrogen-bond acceptors (Lipinski definition) is 5. The zero-order valence-electron chi connectivity index (χ0n) is 61.2. The van der Waals surface area contributed by atoms with E-state index in [0.29, 0.717) is 25.9 Å². The Morgan fingerprint density at radius 2 is 0.461 bits per heavy atom. The standard InChI is InChI=1S/C83H165NO5/c1-3-5-7-9-11-13-15-17-19-21-23-24-37-40-43-47-51-55-59-63-67-71-75-81(86)80(79-85)84-82(87)76-72-68-64-60-56-52-48-44-41-38-35-33-31-29-27-25-26-28-30-32-34-36-39-42-46-50-54-58-62-66-70-74-78-89-83(88)77-73-69-65-61-57-53-49-45-22-20-18-16-14-12-10-8-6-4-2/h80-81,85-86H,3-79H2,1-2H3,(H,84,87). The summed E-state index contributed by atoms with van der Waals surface area (Å²) in [5.41, 5.74) is 0. The van der Waals surface area contributed by atoms with Crippen molar-refractivity contribution in [3.05, 3.63) is 0 Å². The van der Waals surface area contributed by atoms with Gasteiger partial charge >= 0.3 is 5.97 Å². The lowest BCUT2D eigenvalue weighted by molar-refractivity contribution is -0.143. The van der Waals surface area contributed by atoms with Gasteiger partial charge < -0.3 is 20.3 Å². The van der Waals surface area contributed by atoms with Gasteiger partial charge in [0.2, 0.25) is 5.91 Å². The number of aliphatic hydroxyl groups is 2. The van der Waals surface area contributed by atoms with Crippen LogP contribution < -0.4 is 5.32 Å². The third-order valence-electron chi connectivity index (χ3n) is 20.2. The number of hydrogen-bond donors (Lipinski definition) is 3. The highest BCUT2D eigenvalue weighted by molar-refractivity contribution is 5.76. The van der Waals surface area contributed by atoms with Crippen LogP contribution in [0.25, 0.3) is 0 Å². The topological polar surface area (TPSA) is 95.9 Å². The smallest absolute Gasteiger partial charge is 0.305 e. The number of esters is 1. The maximum absolute atomic E-state index is 12.6. The highest BCUT2D eigenvalue weighted by Crippen LogP contribution is 2.21. The third kappa shape index (κ3) is 75.8. The number of aliphatic hydroxyl groups excluding tert-OH is 2. The van der Waals surface area contributed by atoms with E-state index in [2.05, 4.69) is 19.2 Å². The number of nitrogens with one attached hydrogen (secondary N) is 1. The molecule has 0 aliphatic carbocycles. The minimum absolute atomic E-state index is 0.0239. The van der Waals surface area contributed by atoms with Crippen molar-refractivity contribution in [1.29, 1.82) is 0 Å². The Morgan fingerprint density at radius 1 is 0.270 bits per heavy atom. The van der Waals surface area contributed by atoms with Crippen LogP contribution in [0.15, 0.2) is 0 Å². The molecule has 0 heterocycles. The Morgan fingerprint density at radius 3 is 0.685 bits per heavy atom. The van der Waals surface area contributed by atoms with Crippen molar-refractivity contribution in [1.82, 2.24) is 5.32 Å². The molecule has 6 nitrogen and oxygen atoms in total. The molecule has 0 aromatic carbocycles. The van der Waals surface area contributed by atoms with E-state index >= 15 is 0 Å². The van der Waals surface area contributed by atoms with E-state index in [0.717, 1.165) is 38.5 Å². The van der Waals surface area contributed by atoms with Crippen LogP contribution in [0.4, 0.5) is 0 Å². The number of carbonyl (C=O) groups is 2. The summed E-state index contributed by atoms with van der Waals surface area (Å²) >= 11 is 0. The maximum Gasteiger partial charge on any atom is 0.305 e. The van der Waals surface area contributed by atoms with Crippen LogP contribution in [0.3, 0.4) is 0 Å². The van der Waals surface area contributed by atoms with Crippen LogP contribution in [0, 0.1) is 0 Å². The van der Waals surface area contributed by atoms with Crippen LogP contribution >= 0.6 is 0 Å². The van der Waals surface area contributed by atoms with Crippen LogP contribution in [-0.4, -0.2) is 47.4 Å². The summed E-state index contributed by atoms with van der Waals surface area (Å²) in [6, 6.07) is -0.538. The molecule has 0 saturated heterocycles. The van der Waals surface area contributed by atoms with Gasteiger partial charge in [-0.1, -0.05) is 457 Å². The molecule has 0 fully saturated rings. The summed E-state index contributed by atoms with van der Waals surface area (Å²) < 4.78 is 5.52. The van der Waals surface area contributed by atoms with Crippen LogP contribution in [0.5, 0.6) is 0 Å². The molecular formula is C83H165NO5. The molecule has 6 heteroatoms. The molecule has 0 aromatic heterocycles. The first-order valence-electron chi connectivity index (χ1n) is 41.8. The molecule has 0 saturated carbocycles. The van der Waals surface area contributed by atoms with E-state index < -0.39 is 12.1 Å². The second-order valence-electron chi connectivity index (χ2n) is 29.2. The largest absolute Gasteiger partial charge is 0.466 e. The predicted octanol–water partition coefficient (Wildman–Crippen LogP) is 27.7. The predicted molar refractivity (Wildman–Crippen MR) is 394 cm³/mol. The van der Waals surface area contributed by atoms with Gasteiger partial charge in [0.25, 0.3) is 0 Å². The fourth-order valence-electron chi connectivity index (χ4n) is 13.8. The van der Waals surface area contributed by atoms with Crippen molar-refractivity contribution in [3.8, 4) is 0 Å². The van der Waals surface area contributed by atoms with Gasteiger partial charge in [-0.15, -0.1) is 0 Å². The van der Waals surface area contributed by atoms with Gasteiger partial charge in [-0.25, -0.2) is 0 Å². The summed E-state index contributed by atoms with van der Waals surface area (Å²) in [7, 11) is 0. The van der Waals surface area contributed by atoms with Crippen LogP contribution in [-0.2, 0) is 14.3 Å². The first-order valence-corrected chi connectivity index (χ1v) is 41.8. The Hall–Kier alpha value is -1.14. The lowest BCUT2D eigenvalue weighted by Crippen LogP contribution is -2.45. The Labute approximate surface area is 559 Å². The minimum atomic E-state index is -0.661. The van der Waals surface area contributed by atoms with Gasteiger partial charge in [-0.05, 0) is 25.7 Å². The second-order valence-corrected chi connectivity index (χ2v) is 29.2. The van der Waals surface area contributed by atoms with Crippen molar-refractivity contribution < 1.29 is 24.5 Å². The lowest BCUT2D eigenvalue weighted by Gasteiger charge is -2.22. The highest BCUT2D eigenvalue weighted by Gasteiger charge is 2.20. The zero-order valence-corrected chi connectivity index (χ0v) is 61.2. The minimum Gasteiger partial charge on any atom is -0.466 e. The molecule has 0 rings (SSSR count). The average molecular weight is 1260 g/mol. The SMILES string of the molecule is CCCCCCCCCCCCCCCCCCCCCCCCC(O)C(CO)NC(=O)CCCCCCCCCCCCCCCCCCCCCCCCCCCCCCCCCCOC(=O)CCCCCCCCCCCCCCCCCCCC. The van der Waals surface area contributed by atoms with E-state index in [9.17, 15) is 19.8 Å². The number of amides is 1. The molecule has 2 unspecified atom stereocenters. The molecule has 89 heavy (non-hydrogen) atoms. The normalized spacial score (nSPS) is 12.4. The van der Waals surface area contributed by atoms with Gasteiger partial charge in [0.15, 0.2) is 0 Å². The van der Waals surface area contributed by atoms with Gasteiger partial charge in [-0.2, -0.15) is 0 Å². The van der Waals surface area contributed by atoms with Crippen LogP contribution in [0.2, 0.25) is 0 Å².